The van der Waals surface area contributed by atoms with Crippen molar-refractivity contribution < 1.29 is 18.3 Å². The number of aryl methyl sites for hydroxylation is 1. The van der Waals surface area contributed by atoms with E-state index in [2.05, 4.69) is 4.72 Å². The zero-order valence-electron chi connectivity index (χ0n) is 16.4. The maximum atomic E-state index is 12.6. The molecule has 0 amide bonds. The summed E-state index contributed by atoms with van der Waals surface area (Å²) in [7, 11) is -3.61. The molecule has 6 heteroatoms. The molecule has 0 heterocycles. The molecule has 2 aromatic carbocycles. The van der Waals surface area contributed by atoms with E-state index in [9.17, 15) is 13.5 Å². The van der Waals surface area contributed by atoms with E-state index in [4.69, 9.17) is 4.74 Å². The highest BCUT2D eigenvalue weighted by molar-refractivity contribution is 7.89. The molecule has 0 bridgehead atoms. The molecule has 28 heavy (non-hydrogen) atoms. The lowest BCUT2D eigenvalue weighted by Gasteiger charge is -2.16. The van der Waals surface area contributed by atoms with Crippen LogP contribution in [0.4, 0.5) is 0 Å². The van der Waals surface area contributed by atoms with E-state index in [1.807, 2.05) is 44.2 Å². The van der Waals surface area contributed by atoms with Gasteiger partial charge < -0.3 is 9.84 Å². The van der Waals surface area contributed by atoms with Crippen molar-refractivity contribution in [2.24, 2.45) is 0 Å². The van der Waals surface area contributed by atoms with Gasteiger partial charge in [0.15, 0.2) is 0 Å². The highest BCUT2D eigenvalue weighted by atomic mass is 32.2. The number of hydrogen-bond donors (Lipinski definition) is 2. The topological polar surface area (TPSA) is 75.6 Å². The van der Waals surface area contributed by atoms with E-state index in [1.54, 1.807) is 36.4 Å². The second-order valence-electron chi connectivity index (χ2n) is 6.78. The summed E-state index contributed by atoms with van der Waals surface area (Å²) in [5.41, 5.74) is 2.04. The second-order valence-corrected chi connectivity index (χ2v) is 8.50. The van der Waals surface area contributed by atoms with Gasteiger partial charge in [-0.1, -0.05) is 73.5 Å². The standard InChI is InChI=1S/C22H29NO4S/c1-3-7-20(23-28(25,26)22-14-10-18(2)11-15-22)12-13-21(24)17-27-16-19-8-5-4-6-9-19/h4-6,8-15,20-21,23-24H,3,7,16-17H2,1-2H3/t20-,21-/m1/s1. The van der Waals surface area contributed by atoms with E-state index in [0.29, 0.717) is 13.0 Å². The minimum atomic E-state index is -3.61. The van der Waals surface area contributed by atoms with Crippen LogP contribution in [0.2, 0.25) is 0 Å². The Bertz CT molecular complexity index is 833. The van der Waals surface area contributed by atoms with Crippen LogP contribution < -0.4 is 4.72 Å². The van der Waals surface area contributed by atoms with Gasteiger partial charge in [0.05, 0.1) is 24.2 Å². The summed E-state index contributed by atoms with van der Waals surface area (Å²) in [6.07, 6.45) is 3.94. The summed E-state index contributed by atoms with van der Waals surface area (Å²) < 4.78 is 33.4. The van der Waals surface area contributed by atoms with Crippen molar-refractivity contribution in [2.45, 2.75) is 50.3 Å². The predicted molar refractivity (Wildman–Crippen MR) is 111 cm³/mol. The molecule has 0 spiro atoms. The Morgan fingerprint density at radius 1 is 1.07 bits per heavy atom. The number of aliphatic hydroxyl groups is 1. The predicted octanol–water partition coefficient (Wildman–Crippen LogP) is 3.58. The van der Waals surface area contributed by atoms with Crippen LogP contribution in [-0.4, -0.2) is 32.3 Å². The van der Waals surface area contributed by atoms with Gasteiger partial charge >= 0.3 is 0 Å². The van der Waals surface area contributed by atoms with E-state index in [-0.39, 0.29) is 17.5 Å². The molecular formula is C22H29NO4S. The lowest BCUT2D eigenvalue weighted by atomic mass is 10.1. The molecule has 0 saturated carbocycles. The third kappa shape index (κ3) is 7.56. The van der Waals surface area contributed by atoms with E-state index < -0.39 is 16.1 Å². The van der Waals surface area contributed by atoms with Crippen molar-refractivity contribution in [2.75, 3.05) is 6.61 Å². The Kier molecular flexibility index (Phi) is 8.86. The normalized spacial score (nSPS) is 14.2. The quantitative estimate of drug-likeness (QED) is 0.563. The fourth-order valence-corrected chi connectivity index (χ4v) is 3.91. The molecule has 2 atom stereocenters. The SMILES string of the molecule is CCC[C@H](C=C[C@@H](O)COCc1ccccc1)NS(=O)(=O)c1ccc(C)cc1. The highest BCUT2D eigenvalue weighted by Gasteiger charge is 2.18. The molecule has 5 nitrogen and oxygen atoms in total. The first-order chi connectivity index (χ1) is 13.4. The minimum absolute atomic E-state index is 0.148. The fraction of sp³-hybridized carbons (Fsp3) is 0.364. The van der Waals surface area contributed by atoms with Gasteiger partial charge in [0, 0.05) is 6.04 Å². The van der Waals surface area contributed by atoms with Crippen LogP contribution in [0.3, 0.4) is 0 Å². The maximum Gasteiger partial charge on any atom is 0.241 e. The number of benzene rings is 2. The van der Waals surface area contributed by atoms with Crippen molar-refractivity contribution in [3.8, 4) is 0 Å². The summed E-state index contributed by atoms with van der Waals surface area (Å²) in [5.74, 6) is 0. The van der Waals surface area contributed by atoms with Crippen molar-refractivity contribution in [1.82, 2.24) is 4.72 Å². The van der Waals surface area contributed by atoms with Gasteiger partial charge in [-0.25, -0.2) is 13.1 Å². The Morgan fingerprint density at radius 3 is 2.39 bits per heavy atom. The molecule has 0 radical (unpaired) electrons. The molecule has 0 aliphatic carbocycles. The van der Waals surface area contributed by atoms with Crippen LogP contribution in [0.15, 0.2) is 71.6 Å². The summed E-state index contributed by atoms with van der Waals surface area (Å²) in [6, 6.07) is 16.1. The average Bonchev–Trinajstić information content (AvgIpc) is 2.67. The van der Waals surface area contributed by atoms with Gasteiger partial charge in [0.25, 0.3) is 0 Å². The average molecular weight is 404 g/mol. The third-order valence-electron chi connectivity index (χ3n) is 4.20. The fourth-order valence-electron chi connectivity index (χ4n) is 2.68. The van der Waals surface area contributed by atoms with Crippen molar-refractivity contribution in [3.05, 3.63) is 77.9 Å². The molecular weight excluding hydrogens is 374 g/mol. The van der Waals surface area contributed by atoms with Crippen LogP contribution in [0, 0.1) is 6.92 Å². The smallest absolute Gasteiger partial charge is 0.241 e. The zero-order valence-corrected chi connectivity index (χ0v) is 17.2. The van der Waals surface area contributed by atoms with Crippen LogP contribution in [0.5, 0.6) is 0 Å². The number of ether oxygens (including phenoxy) is 1. The van der Waals surface area contributed by atoms with Gasteiger partial charge in [0.1, 0.15) is 0 Å². The number of nitrogens with one attached hydrogen (secondary N) is 1. The largest absolute Gasteiger partial charge is 0.387 e. The Hall–Kier alpha value is -1.99. The van der Waals surface area contributed by atoms with Crippen molar-refractivity contribution >= 4 is 10.0 Å². The molecule has 0 saturated heterocycles. The first-order valence-electron chi connectivity index (χ1n) is 9.48. The van der Waals surface area contributed by atoms with Crippen molar-refractivity contribution in [1.29, 1.82) is 0 Å². The van der Waals surface area contributed by atoms with E-state index in [0.717, 1.165) is 17.5 Å². The van der Waals surface area contributed by atoms with Crippen LogP contribution in [0.25, 0.3) is 0 Å². The summed E-state index contributed by atoms with van der Waals surface area (Å²) in [6.45, 7) is 4.47. The molecule has 0 fully saturated rings. The van der Waals surface area contributed by atoms with Crippen LogP contribution >= 0.6 is 0 Å². The molecule has 0 aliphatic rings. The molecule has 0 unspecified atom stereocenters. The molecule has 152 valence electrons. The molecule has 0 aromatic heterocycles. The van der Waals surface area contributed by atoms with Gasteiger partial charge in [-0.2, -0.15) is 0 Å². The molecule has 2 rings (SSSR count). The summed E-state index contributed by atoms with van der Waals surface area (Å²) >= 11 is 0. The maximum absolute atomic E-state index is 12.6. The molecule has 2 aromatic rings. The first-order valence-corrected chi connectivity index (χ1v) is 11.0. The van der Waals surface area contributed by atoms with Gasteiger partial charge in [-0.3, -0.25) is 0 Å². The zero-order chi connectivity index (χ0) is 20.4. The number of rotatable bonds is 11. The number of sulfonamides is 1. The lowest BCUT2D eigenvalue weighted by molar-refractivity contribution is 0.0502. The second kappa shape index (κ2) is 11.1. The van der Waals surface area contributed by atoms with E-state index >= 15 is 0 Å². The molecule has 2 N–H and O–H groups in total. The van der Waals surface area contributed by atoms with Gasteiger partial charge in [-0.05, 0) is 31.0 Å². The summed E-state index contributed by atoms with van der Waals surface area (Å²) in [5, 5.41) is 10.1. The Labute approximate surface area is 168 Å². The van der Waals surface area contributed by atoms with Gasteiger partial charge in [-0.15, -0.1) is 0 Å². The van der Waals surface area contributed by atoms with Gasteiger partial charge in [0.2, 0.25) is 10.0 Å². The lowest BCUT2D eigenvalue weighted by Crippen LogP contribution is -2.33. The third-order valence-corrected chi connectivity index (χ3v) is 5.71. The Balaban J connectivity index is 1.90. The molecule has 0 aliphatic heterocycles. The highest BCUT2D eigenvalue weighted by Crippen LogP contribution is 2.12. The Morgan fingerprint density at radius 2 is 1.75 bits per heavy atom. The number of hydrogen-bond acceptors (Lipinski definition) is 4. The first kappa shape index (κ1) is 22.3. The monoisotopic (exact) mass is 403 g/mol. The minimum Gasteiger partial charge on any atom is -0.387 e. The van der Waals surface area contributed by atoms with E-state index in [1.165, 1.54) is 0 Å². The number of aliphatic hydroxyl groups excluding tert-OH is 1. The summed E-state index contributed by atoms with van der Waals surface area (Å²) in [4.78, 5) is 0.236. The van der Waals surface area contributed by atoms with Crippen molar-refractivity contribution in [3.63, 3.8) is 0 Å². The van der Waals surface area contributed by atoms with Crippen LogP contribution in [-0.2, 0) is 21.4 Å². The van der Waals surface area contributed by atoms with Crippen LogP contribution in [0.1, 0.15) is 30.9 Å².